The molecule has 0 bridgehead atoms. The molecule has 1 aromatic carbocycles. The Bertz CT molecular complexity index is 490. The maximum Gasteiger partial charge on any atom is 0.255 e. The van der Waals surface area contributed by atoms with Gasteiger partial charge in [-0.2, -0.15) is 0 Å². The SMILES string of the molecule is NC(=NO)C1CCCN1C(=O)c1ccccc1I. The molecule has 1 aliphatic rings. The highest BCUT2D eigenvalue weighted by Crippen LogP contribution is 2.22. The number of rotatable bonds is 2. The summed E-state index contributed by atoms with van der Waals surface area (Å²) in [5.74, 6) is 0.0425. The number of amidine groups is 1. The van der Waals surface area contributed by atoms with Crippen molar-refractivity contribution in [2.75, 3.05) is 6.54 Å². The third-order valence-electron chi connectivity index (χ3n) is 3.07. The van der Waals surface area contributed by atoms with Crippen molar-refractivity contribution in [1.82, 2.24) is 4.90 Å². The fraction of sp³-hybridized carbons (Fsp3) is 0.333. The molecule has 18 heavy (non-hydrogen) atoms. The summed E-state index contributed by atoms with van der Waals surface area (Å²) in [6.07, 6.45) is 1.61. The Kier molecular flexibility index (Phi) is 4.05. The first-order valence-electron chi connectivity index (χ1n) is 5.68. The summed E-state index contributed by atoms with van der Waals surface area (Å²) >= 11 is 2.14. The van der Waals surface area contributed by atoms with Gasteiger partial charge in [0, 0.05) is 10.1 Å². The molecule has 0 spiro atoms. The Hall–Kier alpha value is -1.31. The number of hydrogen-bond acceptors (Lipinski definition) is 3. The van der Waals surface area contributed by atoms with Crippen molar-refractivity contribution in [2.45, 2.75) is 18.9 Å². The van der Waals surface area contributed by atoms with E-state index in [-0.39, 0.29) is 17.8 Å². The van der Waals surface area contributed by atoms with Crippen LogP contribution in [-0.4, -0.2) is 34.4 Å². The first-order chi connectivity index (χ1) is 8.65. The fourth-order valence-corrected chi connectivity index (χ4v) is 2.79. The van der Waals surface area contributed by atoms with Crippen molar-refractivity contribution in [1.29, 1.82) is 0 Å². The number of nitrogens with zero attached hydrogens (tertiary/aromatic N) is 2. The van der Waals surface area contributed by atoms with Gasteiger partial charge in [-0.1, -0.05) is 17.3 Å². The monoisotopic (exact) mass is 359 g/mol. The van der Waals surface area contributed by atoms with Crippen molar-refractivity contribution < 1.29 is 10.0 Å². The minimum Gasteiger partial charge on any atom is -0.409 e. The summed E-state index contributed by atoms with van der Waals surface area (Å²) in [5.41, 5.74) is 6.29. The van der Waals surface area contributed by atoms with Gasteiger partial charge >= 0.3 is 0 Å². The largest absolute Gasteiger partial charge is 0.409 e. The normalized spacial score (nSPS) is 20.2. The van der Waals surface area contributed by atoms with Crippen molar-refractivity contribution in [2.24, 2.45) is 10.9 Å². The maximum absolute atomic E-state index is 12.4. The number of hydrogen-bond donors (Lipinski definition) is 2. The molecule has 1 heterocycles. The van der Waals surface area contributed by atoms with E-state index in [2.05, 4.69) is 27.7 Å². The molecule has 1 unspecified atom stereocenters. The number of halogens is 1. The van der Waals surface area contributed by atoms with Gasteiger partial charge < -0.3 is 15.8 Å². The highest BCUT2D eigenvalue weighted by molar-refractivity contribution is 14.1. The van der Waals surface area contributed by atoms with E-state index < -0.39 is 0 Å². The third kappa shape index (κ3) is 2.43. The predicted octanol–water partition coefficient (Wildman–Crippen LogP) is 1.64. The summed E-state index contributed by atoms with van der Waals surface area (Å²) in [4.78, 5) is 14.1. The lowest BCUT2D eigenvalue weighted by molar-refractivity contribution is 0.0767. The summed E-state index contributed by atoms with van der Waals surface area (Å²) in [6, 6.07) is 7.13. The van der Waals surface area contributed by atoms with Crippen molar-refractivity contribution in [3.05, 3.63) is 33.4 Å². The van der Waals surface area contributed by atoms with Crippen molar-refractivity contribution in [3.8, 4) is 0 Å². The van der Waals surface area contributed by atoms with Gasteiger partial charge in [0.05, 0.1) is 11.6 Å². The molecule has 3 N–H and O–H groups in total. The van der Waals surface area contributed by atoms with Crippen molar-refractivity contribution >= 4 is 34.3 Å². The molecule has 6 heteroatoms. The first-order valence-corrected chi connectivity index (χ1v) is 6.76. The molecule has 1 aromatic rings. The minimum absolute atomic E-state index is 0.0610. The van der Waals surface area contributed by atoms with E-state index >= 15 is 0 Å². The zero-order valence-electron chi connectivity index (χ0n) is 9.71. The second-order valence-corrected chi connectivity index (χ2v) is 5.32. The standard InChI is InChI=1S/C12H14IN3O2/c13-9-5-2-1-4-8(9)12(17)16-7-3-6-10(16)11(14)15-18/h1-2,4-5,10,18H,3,6-7H2,(H2,14,15). The lowest BCUT2D eigenvalue weighted by Crippen LogP contribution is -2.44. The topological polar surface area (TPSA) is 78.9 Å². The molecular weight excluding hydrogens is 345 g/mol. The molecule has 5 nitrogen and oxygen atoms in total. The van der Waals surface area contributed by atoms with Gasteiger partial charge in [-0.15, -0.1) is 0 Å². The quantitative estimate of drug-likeness (QED) is 0.277. The number of nitrogens with two attached hydrogens (primary N) is 1. The van der Waals surface area contributed by atoms with Crippen LogP contribution in [0.1, 0.15) is 23.2 Å². The lowest BCUT2D eigenvalue weighted by Gasteiger charge is -2.24. The molecule has 0 saturated carbocycles. The van der Waals surface area contributed by atoms with Crippen molar-refractivity contribution in [3.63, 3.8) is 0 Å². The summed E-state index contributed by atoms with van der Waals surface area (Å²) < 4.78 is 0.908. The molecule has 2 rings (SSSR count). The van der Waals surface area contributed by atoms with Gasteiger partial charge in [0.15, 0.2) is 5.84 Å². The molecule has 0 radical (unpaired) electrons. The zero-order chi connectivity index (χ0) is 13.1. The molecule has 1 aliphatic heterocycles. The van der Waals surface area contributed by atoms with Crippen LogP contribution in [0.15, 0.2) is 29.4 Å². The summed E-state index contributed by atoms with van der Waals surface area (Å²) in [5, 5.41) is 11.8. The second kappa shape index (κ2) is 5.55. The van der Waals surface area contributed by atoms with Crippen LogP contribution in [0, 0.1) is 3.57 Å². The molecule has 0 aromatic heterocycles. The van der Waals surface area contributed by atoms with Crippen LogP contribution in [-0.2, 0) is 0 Å². The Morgan fingerprint density at radius 1 is 1.50 bits per heavy atom. The molecule has 0 aliphatic carbocycles. The third-order valence-corrected chi connectivity index (χ3v) is 4.02. The van der Waals surface area contributed by atoms with Crippen LogP contribution in [0.3, 0.4) is 0 Å². The average Bonchev–Trinajstić information content (AvgIpc) is 2.86. The van der Waals surface area contributed by atoms with E-state index in [1.807, 2.05) is 18.2 Å². The Morgan fingerprint density at radius 3 is 2.89 bits per heavy atom. The van der Waals surface area contributed by atoms with Gasteiger partial charge in [-0.25, -0.2) is 0 Å². The molecule has 1 atom stereocenters. The Labute approximate surface area is 119 Å². The van der Waals surface area contributed by atoms with E-state index in [4.69, 9.17) is 10.9 Å². The Balaban J connectivity index is 2.26. The van der Waals surface area contributed by atoms with E-state index in [1.165, 1.54) is 0 Å². The van der Waals surface area contributed by atoms with Gasteiger partial charge in [0.1, 0.15) is 0 Å². The second-order valence-electron chi connectivity index (χ2n) is 4.16. The first kappa shape index (κ1) is 13.1. The van der Waals surface area contributed by atoms with Gasteiger partial charge in [0.25, 0.3) is 5.91 Å². The van der Waals surface area contributed by atoms with Crippen LogP contribution in [0.2, 0.25) is 0 Å². The van der Waals surface area contributed by atoms with E-state index in [9.17, 15) is 4.79 Å². The number of carbonyl (C=O) groups excluding carboxylic acids is 1. The van der Waals surface area contributed by atoms with E-state index in [0.717, 1.165) is 16.4 Å². The van der Waals surface area contributed by atoms with Crippen LogP contribution in [0.25, 0.3) is 0 Å². The molecule has 1 fully saturated rings. The number of amides is 1. The summed E-state index contributed by atoms with van der Waals surface area (Å²) in [6.45, 7) is 0.644. The van der Waals surface area contributed by atoms with E-state index in [0.29, 0.717) is 12.1 Å². The van der Waals surface area contributed by atoms with Crippen LogP contribution < -0.4 is 5.73 Å². The van der Waals surface area contributed by atoms with Gasteiger partial charge in [-0.05, 0) is 47.6 Å². The van der Waals surface area contributed by atoms with Crippen LogP contribution in [0.4, 0.5) is 0 Å². The number of benzene rings is 1. The zero-order valence-corrected chi connectivity index (χ0v) is 11.9. The lowest BCUT2D eigenvalue weighted by atomic mass is 10.1. The number of carbonyl (C=O) groups is 1. The maximum atomic E-state index is 12.4. The molecule has 1 amide bonds. The molecule has 1 saturated heterocycles. The number of likely N-dealkylation sites (tertiary alicyclic amines) is 1. The average molecular weight is 359 g/mol. The fourth-order valence-electron chi connectivity index (χ4n) is 2.17. The number of oxime groups is 1. The van der Waals surface area contributed by atoms with Crippen LogP contribution >= 0.6 is 22.6 Å². The summed E-state index contributed by atoms with van der Waals surface area (Å²) in [7, 11) is 0. The molecular formula is C12H14IN3O2. The smallest absolute Gasteiger partial charge is 0.255 e. The van der Waals surface area contributed by atoms with Gasteiger partial charge in [-0.3, -0.25) is 4.79 Å². The molecule has 96 valence electrons. The Morgan fingerprint density at radius 2 is 2.22 bits per heavy atom. The van der Waals surface area contributed by atoms with Gasteiger partial charge in [0.2, 0.25) is 0 Å². The predicted molar refractivity (Wildman–Crippen MR) is 76.6 cm³/mol. The minimum atomic E-state index is -0.293. The van der Waals surface area contributed by atoms with E-state index in [1.54, 1.807) is 11.0 Å². The highest BCUT2D eigenvalue weighted by atomic mass is 127. The van der Waals surface area contributed by atoms with Crippen LogP contribution in [0.5, 0.6) is 0 Å². The highest BCUT2D eigenvalue weighted by Gasteiger charge is 2.32.